The lowest BCUT2D eigenvalue weighted by atomic mass is 9.60. The van der Waals surface area contributed by atoms with Crippen molar-refractivity contribution in [1.29, 1.82) is 0 Å². The number of nitrogens with two attached hydrogens (primary N) is 1. The number of rotatable bonds is 5. The first-order valence-corrected chi connectivity index (χ1v) is 8.80. The number of hydrogen-bond acceptors (Lipinski definition) is 3. The van der Waals surface area contributed by atoms with Crippen LogP contribution in [0.25, 0.3) is 0 Å². The van der Waals surface area contributed by atoms with Gasteiger partial charge in [0.15, 0.2) is 0 Å². The lowest BCUT2D eigenvalue weighted by Gasteiger charge is -2.57. The fourth-order valence-electron chi connectivity index (χ4n) is 4.52. The van der Waals surface area contributed by atoms with Gasteiger partial charge >= 0.3 is 0 Å². The number of amides is 1. The van der Waals surface area contributed by atoms with E-state index in [4.69, 9.17) is 10.5 Å². The van der Waals surface area contributed by atoms with E-state index >= 15 is 0 Å². The summed E-state index contributed by atoms with van der Waals surface area (Å²) in [5.41, 5.74) is 7.62. The molecule has 5 heteroatoms. The molecule has 0 radical (unpaired) electrons. The summed E-state index contributed by atoms with van der Waals surface area (Å²) in [7, 11) is 1.95. The van der Waals surface area contributed by atoms with Crippen molar-refractivity contribution >= 4 is 18.3 Å². The molecule has 0 saturated heterocycles. The molecular formula is C19H29ClN2O2. The van der Waals surface area contributed by atoms with Crippen LogP contribution in [0.3, 0.4) is 0 Å². The van der Waals surface area contributed by atoms with Gasteiger partial charge in [0.2, 0.25) is 0 Å². The summed E-state index contributed by atoms with van der Waals surface area (Å²) < 4.78 is 5.96. The van der Waals surface area contributed by atoms with E-state index in [0.717, 1.165) is 24.2 Å². The molecule has 0 aliphatic heterocycles. The molecule has 0 heterocycles. The van der Waals surface area contributed by atoms with Crippen molar-refractivity contribution < 1.29 is 9.53 Å². The molecule has 1 aromatic rings. The van der Waals surface area contributed by atoms with Crippen LogP contribution in [0, 0.1) is 5.41 Å². The van der Waals surface area contributed by atoms with Crippen LogP contribution in [0.5, 0.6) is 0 Å². The zero-order valence-corrected chi connectivity index (χ0v) is 15.5. The summed E-state index contributed by atoms with van der Waals surface area (Å²) in [5, 5.41) is 0. The second-order valence-electron chi connectivity index (χ2n) is 6.95. The molecular weight excluding hydrogens is 324 g/mol. The molecule has 2 N–H and O–H groups in total. The van der Waals surface area contributed by atoms with Crippen molar-refractivity contribution in [3.05, 3.63) is 35.4 Å². The normalized spacial score (nSPS) is 24.3. The minimum atomic E-state index is 0. The predicted octanol–water partition coefficient (Wildman–Crippen LogP) is 3.38. The van der Waals surface area contributed by atoms with Crippen LogP contribution in [-0.4, -0.2) is 36.6 Å². The molecule has 0 aromatic heterocycles. The zero-order chi connectivity index (χ0) is 16.4. The van der Waals surface area contributed by atoms with Crippen molar-refractivity contribution in [1.82, 2.24) is 4.90 Å². The van der Waals surface area contributed by atoms with Gasteiger partial charge in [-0.25, -0.2) is 0 Å². The largest absolute Gasteiger partial charge is 0.378 e. The van der Waals surface area contributed by atoms with Gasteiger partial charge in [0.25, 0.3) is 5.91 Å². The molecule has 2 atom stereocenters. The average Bonchev–Trinajstić information content (AvgIpc) is 3.10. The van der Waals surface area contributed by atoms with E-state index in [1.54, 1.807) is 0 Å². The molecule has 1 spiro atoms. The van der Waals surface area contributed by atoms with E-state index in [0.29, 0.717) is 18.7 Å². The second-order valence-corrected chi connectivity index (χ2v) is 6.95. The van der Waals surface area contributed by atoms with Crippen molar-refractivity contribution in [2.45, 2.75) is 57.7 Å². The van der Waals surface area contributed by atoms with E-state index in [2.05, 4.69) is 6.92 Å². The summed E-state index contributed by atoms with van der Waals surface area (Å²) in [6.45, 7) is 3.33. The molecule has 2 aliphatic rings. The topological polar surface area (TPSA) is 55.6 Å². The third kappa shape index (κ3) is 3.19. The highest BCUT2D eigenvalue weighted by Gasteiger charge is 2.58. The number of nitrogens with zero attached hydrogens (tertiary/aromatic N) is 1. The van der Waals surface area contributed by atoms with Crippen molar-refractivity contribution in [3.8, 4) is 0 Å². The Kier molecular flexibility index (Phi) is 6.29. The smallest absolute Gasteiger partial charge is 0.253 e. The Morgan fingerprint density at radius 3 is 2.46 bits per heavy atom. The number of hydrogen-bond donors (Lipinski definition) is 1. The molecule has 3 rings (SSSR count). The third-order valence-electron chi connectivity index (χ3n) is 5.87. The molecule has 24 heavy (non-hydrogen) atoms. The highest BCUT2D eigenvalue weighted by atomic mass is 35.5. The number of halogens is 1. The summed E-state index contributed by atoms with van der Waals surface area (Å²) in [4.78, 5) is 14.8. The van der Waals surface area contributed by atoms with Crippen LogP contribution in [0.2, 0.25) is 0 Å². The van der Waals surface area contributed by atoms with Crippen LogP contribution in [0.1, 0.15) is 54.9 Å². The van der Waals surface area contributed by atoms with E-state index in [-0.39, 0.29) is 23.7 Å². The van der Waals surface area contributed by atoms with Crippen molar-refractivity contribution in [3.63, 3.8) is 0 Å². The van der Waals surface area contributed by atoms with Gasteiger partial charge in [-0.15, -0.1) is 12.4 Å². The van der Waals surface area contributed by atoms with Gasteiger partial charge in [0, 0.05) is 37.2 Å². The van der Waals surface area contributed by atoms with E-state index in [1.807, 2.05) is 36.2 Å². The first-order valence-electron chi connectivity index (χ1n) is 8.80. The van der Waals surface area contributed by atoms with Gasteiger partial charge in [-0.3, -0.25) is 4.79 Å². The highest BCUT2D eigenvalue weighted by molar-refractivity contribution is 5.94. The van der Waals surface area contributed by atoms with Gasteiger partial charge in [-0.2, -0.15) is 0 Å². The molecule has 1 aromatic carbocycles. The highest BCUT2D eigenvalue weighted by Crippen LogP contribution is 2.56. The first-order chi connectivity index (χ1) is 11.1. The Hall–Kier alpha value is -1.10. The molecule has 1 amide bonds. The predicted molar refractivity (Wildman–Crippen MR) is 98.4 cm³/mol. The van der Waals surface area contributed by atoms with Gasteiger partial charge in [-0.1, -0.05) is 25.0 Å². The Bertz CT molecular complexity index is 555. The number of carbonyl (C=O) groups is 1. The van der Waals surface area contributed by atoms with Crippen LogP contribution in [0.15, 0.2) is 24.3 Å². The van der Waals surface area contributed by atoms with E-state index in [1.165, 1.54) is 25.7 Å². The SMILES string of the molecule is CCOC1CC(N(C)C(=O)c2ccc(CN)cc2)C12CCCC2.Cl. The molecule has 0 bridgehead atoms. The quantitative estimate of drug-likeness (QED) is 0.883. The minimum absolute atomic E-state index is 0. The Morgan fingerprint density at radius 1 is 1.29 bits per heavy atom. The fraction of sp³-hybridized carbons (Fsp3) is 0.632. The molecule has 2 saturated carbocycles. The maximum atomic E-state index is 12.8. The van der Waals surface area contributed by atoms with E-state index < -0.39 is 0 Å². The molecule has 2 unspecified atom stereocenters. The number of benzene rings is 1. The third-order valence-corrected chi connectivity index (χ3v) is 5.87. The lowest BCUT2D eigenvalue weighted by Crippen LogP contribution is -2.64. The van der Waals surface area contributed by atoms with Crippen LogP contribution in [-0.2, 0) is 11.3 Å². The summed E-state index contributed by atoms with van der Waals surface area (Å²) >= 11 is 0. The number of ether oxygens (including phenoxy) is 1. The Balaban J connectivity index is 0.00000208. The van der Waals surface area contributed by atoms with Gasteiger partial charge in [0.1, 0.15) is 0 Å². The summed E-state index contributed by atoms with van der Waals surface area (Å²) in [5.74, 6) is 0.111. The van der Waals surface area contributed by atoms with E-state index in [9.17, 15) is 4.79 Å². The monoisotopic (exact) mass is 352 g/mol. The molecule has 4 nitrogen and oxygen atoms in total. The fourth-order valence-corrected chi connectivity index (χ4v) is 4.52. The Morgan fingerprint density at radius 2 is 1.92 bits per heavy atom. The van der Waals surface area contributed by atoms with Gasteiger partial charge < -0.3 is 15.4 Å². The minimum Gasteiger partial charge on any atom is -0.378 e. The maximum Gasteiger partial charge on any atom is 0.253 e. The maximum absolute atomic E-state index is 12.8. The Labute approximate surface area is 151 Å². The lowest BCUT2D eigenvalue weighted by molar-refractivity contribution is -0.152. The zero-order valence-electron chi connectivity index (χ0n) is 14.7. The van der Waals surface area contributed by atoms with Crippen LogP contribution >= 0.6 is 12.4 Å². The van der Waals surface area contributed by atoms with Gasteiger partial charge in [0.05, 0.1) is 6.10 Å². The van der Waals surface area contributed by atoms with Crippen LogP contribution < -0.4 is 5.73 Å². The van der Waals surface area contributed by atoms with Crippen molar-refractivity contribution in [2.24, 2.45) is 11.1 Å². The first kappa shape index (κ1) is 19.2. The molecule has 2 fully saturated rings. The molecule has 2 aliphatic carbocycles. The second kappa shape index (κ2) is 7.85. The van der Waals surface area contributed by atoms with Gasteiger partial charge in [-0.05, 0) is 43.9 Å². The molecule has 134 valence electrons. The average molecular weight is 353 g/mol. The number of carbonyl (C=O) groups excluding carboxylic acids is 1. The van der Waals surface area contributed by atoms with Crippen LogP contribution in [0.4, 0.5) is 0 Å². The summed E-state index contributed by atoms with van der Waals surface area (Å²) in [6.07, 6.45) is 6.19. The summed E-state index contributed by atoms with van der Waals surface area (Å²) in [6, 6.07) is 7.97. The van der Waals surface area contributed by atoms with Crippen molar-refractivity contribution in [2.75, 3.05) is 13.7 Å². The standard InChI is InChI=1S/C19H28N2O2.ClH/c1-3-23-17-12-16(19(17)10-4-5-11-19)21(2)18(22)15-8-6-14(13-20)7-9-15;/h6-9,16-17H,3-5,10-13,20H2,1-2H3;1H.